The van der Waals surface area contributed by atoms with Gasteiger partial charge in [0.2, 0.25) is 0 Å². The van der Waals surface area contributed by atoms with Crippen LogP contribution in [0, 0.1) is 0 Å². The van der Waals surface area contributed by atoms with E-state index in [4.69, 9.17) is 0 Å². The lowest BCUT2D eigenvalue weighted by atomic mass is 10.0. The van der Waals surface area contributed by atoms with Crippen molar-refractivity contribution in [2.24, 2.45) is 0 Å². The molecule has 0 amide bonds. The first-order valence-electron chi connectivity index (χ1n) is 4.71. The molecule has 0 atom stereocenters. The zero-order valence-corrected chi connectivity index (χ0v) is 8.90. The molecule has 0 saturated carbocycles. The molecule has 1 aromatic rings. The highest BCUT2D eigenvalue weighted by Gasteiger charge is 2.40. The normalized spacial score (nSPS) is 12.3. The van der Waals surface area contributed by atoms with Crippen molar-refractivity contribution in [2.45, 2.75) is 19.0 Å². The monoisotopic (exact) mass is 270 g/mol. The maximum Gasteiger partial charge on any atom is 0.573 e. The number of halogens is 6. The molecular weight excluding hydrogens is 262 g/mol. The van der Waals surface area contributed by atoms with Gasteiger partial charge in [0.25, 0.3) is 0 Å². The highest BCUT2D eigenvalue weighted by molar-refractivity contribution is 5.43. The van der Waals surface area contributed by atoms with E-state index in [1.165, 1.54) is 6.08 Å². The van der Waals surface area contributed by atoms with Gasteiger partial charge >= 0.3 is 12.5 Å². The van der Waals surface area contributed by atoms with E-state index in [1.54, 1.807) is 0 Å². The van der Waals surface area contributed by atoms with Crippen LogP contribution < -0.4 is 4.74 Å². The van der Waals surface area contributed by atoms with Crippen molar-refractivity contribution in [1.29, 1.82) is 0 Å². The Bertz CT molecular complexity index is 432. The van der Waals surface area contributed by atoms with E-state index >= 15 is 0 Å². The maximum atomic E-state index is 12.7. The summed E-state index contributed by atoms with van der Waals surface area (Å²) in [6.07, 6.45) is -9.14. The van der Waals surface area contributed by atoms with Crippen LogP contribution >= 0.6 is 0 Å². The fourth-order valence-corrected chi connectivity index (χ4v) is 1.43. The molecule has 0 radical (unpaired) electrons. The molecule has 1 rings (SSSR count). The highest BCUT2D eigenvalue weighted by atomic mass is 19.4. The van der Waals surface area contributed by atoms with E-state index in [9.17, 15) is 26.3 Å². The topological polar surface area (TPSA) is 9.23 Å². The van der Waals surface area contributed by atoms with Crippen molar-refractivity contribution in [3.8, 4) is 5.75 Å². The number of ether oxygens (including phenoxy) is 1. The third-order valence-electron chi connectivity index (χ3n) is 1.99. The first-order chi connectivity index (χ1) is 8.15. The first kappa shape index (κ1) is 14.4. The zero-order valence-electron chi connectivity index (χ0n) is 8.90. The molecule has 0 bridgehead atoms. The van der Waals surface area contributed by atoms with Crippen molar-refractivity contribution in [3.63, 3.8) is 0 Å². The number of benzene rings is 1. The van der Waals surface area contributed by atoms with Crippen LogP contribution in [-0.2, 0) is 12.6 Å². The van der Waals surface area contributed by atoms with Crippen LogP contribution in [0.5, 0.6) is 5.75 Å². The minimum Gasteiger partial charge on any atom is -0.405 e. The predicted molar refractivity (Wildman–Crippen MR) is 52.0 cm³/mol. The molecule has 0 N–H and O–H groups in total. The molecule has 0 aliphatic heterocycles. The molecule has 0 aliphatic rings. The van der Waals surface area contributed by atoms with E-state index in [1.807, 2.05) is 0 Å². The lowest BCUT2D eigenvalue weighted by Crippen LogP contribution is -2.21. The van der Waals surface area contributed by atoms with Crippen LogP contribution in [0.15, 0.2) is 30.9 Å². The average Bonchev–Trinajstić information content (AvgIpc) is 2.13. The van der Waals surface area contributed by atoms with Gasteiger partial charge in [-0.25, -0.2) is 0 Å². The Hall–Kier alpha value is -1.66. The Morgan fingerprint density at radius 3 is 2.17 bits per heavy atom. The summed E-state index contributed by atoms with van der Waals surface area (Å²) in [6.45, 7) is 3.25. The van der Waals surface area contributed by atoms with Crippen LogP contribution in [0.25, 0.3) is 0 Å². The smallest absolute Gasteiger partial charge is 0.405 e. The summed E-state index contributed by atoms with van der Waals surface area (Å²) in [6, 6.07) is 2.77. The fraction of sp³-hybridized carbons (Fsp3) is 0.273. The second-order valence-corrected chi connectivity index (χ2v) is 3.33. The number of rotatable bonds is 3. The van der Waals surface area contributed by atoms with Crippen molar-refractivity contribution < 1.29 is 31.1 Å². The molecule has 0 saturated heterocycles. The van der Waals surface area contributed by atoms with Gasteiger partial charge in [-0.1, -0.05) is 18.2 Å². The summed E-state index contributed by atoms with van der Waals surface area (Å²) in [7, 11) is 0. The van der Waals surface area contributed by atoms with Crippen LogP contribution in [0.1, 0.15) is 11.1 Å². The number of allylic oxidation sites excluding steroid dienone is 1. The Morgan fingerprint density at radius 1 is 1.11 bits per heavy atom. The third-order valence-corrected chi connectivity index (χ3v) is 1.99. The largest absolute Gasteiger partial charge is 0.573 e. The summed E-state index contributed by atoms with van der Waals surface area (Å²) in [5, 5.41) is 0. The maximum absolute atomic E-state index is 12.7. The molecule has 0 aliphatic carbocycles. The lowest BCUT2D eigenvalue weighted by Gasteiger charge is -2.18. The lowest BCUT2D eigenvalue weighted by molar-refractivity contribution is -0.276. The quantitative estimate of drug-likeness (QED) is 0.586. The summed E-state index contributed by atoms with van der Waals surface area (Å²) < 4.78 is 77.6. The van der Waals surface area contributed by atoms with Gasteiger partial charge in [-0.15, -0.1) is 19.8 Å². The Labute approximate surface area is 98.7 Å². The fourth-order valence-electron chi connectivity index (χ4n) is 1.43. The Kier molecular flexibility index (Phi) is 3.93. The Balaban J connectivity index is 3.33. The first-order valence-corrected chi connectivity index (χ1v) is 4.71. The van der Waals surface area contributed by atoms with Gasteiger partial charge in [-0.3, -0.25) is 0 Å². The summed E-state index contributed by atoms with van der Waals surface area (Å²) in [4.78, 5) is 0. The minimum absolute atomic E-state index is 0.204. The van der Waals surface area contributed by atoms with Gasteiger partial charge < -0.3 is 4.74 Å². The van der Waals surface area contributed by atoms with Gasteiger partial charge in [0.05, 0.1) is 0 Å². The van der Waals surface area contributed by atoms with Gasteiger partial charge in [0, 0.05) is 0 Å². The summed E-state index contributed by atoms with van der Waals surface area (Å²) >= 11 is 0. The van der Waals surface area contributed by atoms with Gasteiger partial charge in [-0.05, 0) is 18.1 Å². The number of hydrogen-bond acceptors (Lipinski definition) is 1. The molecule has 100 valence electrons. The van der Waals surface area contributed by atoms with Crippen LogP contribution in [0.3, 0.4) is 0 Å². The highest BCUT2D eigenvalue weighted by Crippen LogP contribution is 2.40. The van der Waals surface area contributed by atoms with Gasteiger partial charge in [0.15, 0.2) is 0 Å². The van der Waals surface area contributed by atoms with Gasteiger partial charge in [-0.2, -0.15) is 13.2 Å². The molecule has 7 heteroatoms. The molecule has 18 heavy (non-hydrogen) atoms. The van der Waals surface area contributed by atoms with E-state index in [2.05, 4.69) is 11.3 Å². The van der Waals surface area contributed by atoms with Crippen LogP contribution in [0.2, 0.25) is 0 Å². The number of hydrogen-bond donors (Lipinski definition) is 0. The molecule has 1 nitrogen and oxygen atoms in total. The minimum atomic E-state index is -5.17. The average molecular weight is 270 g/mol. The zero-order chi connectivity index (χ0) is 14.0. The molecule has 0 heterocycles. The SMILES string of the molecule is C=CCc1cccc(OC(F)(F)F)c1C(F)(F)F. The van der Waals surface area contributed by atoms with Crippen LogP contribution in [-0.4, -0.2) is 6.36 Å². The standard InChI is InChI=1S/C11H8F6O/c1-2-4-7-5-3-6-8(18-11(15,16)17)9(7)10(12,13)14/h2-3,5-6H,1,4H2. The van der Waals surface area contributed by atoms with Crippen molar-refractivity contribution in [2.75, 3.05) is 0 Å². The van der Waals surface area contributed by atoms with Crippen molar-refractivity contribution in [3.05, 3.63) is 42.0 Å². The van der Waals surface area contributed by atoms with E-state index in [0.29, 0.717) is 6.07 Å². The molecule has 0 fully saturated rings. The second kappa shape index (κ2) is 4.91. The summed E-state index contributed by atoms with van der Waals surface area (Å²) in [5.41, 5.74) is -1.75. The number of alkyl halides is 6. The molecule has 0 aromatic heterocycles. The van der Waals surface area contributed by atoms with Crippen LogP contribution in [0.4, 0.5) is 26.3 Å². The third kappa shape index (κ3) is 3.68. The summed E-state index contributed by atoms with van der Waals surface area (Å²) in [5.74, 6) is -1.26. The van der Waals surface area contributed by atoms with Crippen molar-refractivity contribution >= 4 is 0 Å². The Morgan fingerprint density at radius 2 is 1.72 bits per heavy atom. The molecule has 0 spiro atoms. The van der Waals surface area contributed by atoms with E-state index in [0.717, 1.165) is 12.1 Å². The predicted octanol–water partition coefficient (Wildman–Crippen LogP) is 4.33. The second-order valence-electron chi connectivity index (χ2n) is 3.33. The molecular formula is C11H8F6O. The van der Waals surface area contributed by atoms with Crippen molar-refractivity contribution in [1.82, 2.24) is 0 Å². The molecule has 1 aromatic carbocycles. The molecule has 0 unspecified atom stereocenters. The van der Waals surface area contributed by atoms with Gasteiger partial charge in [0.1, 0.15) is 11.3 Å². The van der Waals surface area contributed by atoms with E-state index in [-0.39, 0.29) is 12.0 Å². The van der Waals surface area contributed by atoms with E-state index < -0.39 is 23.9 Å².